The van der Waals surface area contributed by atoms with E-state index in [1.54, 1.807) is 31.2 Å². The monoisotopic (exact) mass is 397 g/mol. The molecule has 0 aromatic heterocycles. The third-order valence-electron chi connectivity index (χ3n) is 3.36. The minimum Gasteiger partial charge on any atom is -0.492 e. The molecule has 2 N–H and O–H groups in total. The van der Waals surface area contributed by atoms with Gasteiger partial charge >= 0.3 is 0 Å². The van der Waals surface area contributed by atoms with E-state index in [0.717, 1.165) is 4.31 Å². The van der Waals surface area contributed by atoms with Gasteiger partial charge < -0.3 is 15.4 Å². The summed E-state index contributed by atoms with van der Waals surface area (Å²) in [6, 6.07) is 10.4. The van der Waals surface area contributed by atoms with Gasteiger partial charge in [0.25, 0.3) is 0 Å². The molecule has 0 saturated heterocycles. The summed E-state index contributed by atoms with van der Waals surface area (Å²) in [4.78, 5) is 0.0407. The number of hydrogen-bond donors (Lipinski definition) is 2. The van der Waals surface area contributed by atoms with Gasteiger partial charge in [-0.2, -0.15) is 0 Å². The van der Waals surface area contributed by atoms with Crippen LogP contribution in [0.2, 0.25) is 0 Å². The molecule has 140 valence electrons. The van der Waals surface area contributed by atoms with Crippen molar-refractivity contribution < 1.29 is 17.5 Å². The predicted octanol–water partition coefficient (Wildman–Crippen LogP) is 3.28. The maximum Gasteiger partial charge on any atom is 0.246 e. The average Bonchev–Trinajstić information content (AvgIpc) is 2.58. The van der Waals surface area contributed by atoms with Crippen LogP contribution in [-0.4, -0.2) is 38.5 Å². The van der Waals surface area contributed by atoms with Gasteiger partial charge in [-0.3, -0.25) is 0 Å². The van der Waals surface area contributed by atoms with Gasteiger partial charge in [-0.15, -0.1) is 0 Å². The fourth-order valence-corrected chi connectivity index (χ4v) is 3.37. The van der Waals surface area contributed by atoms with Gasteiger partial charge in [-0.05, 0) is 61.6 Å². The molecule has 0 radical (unpaired) electrons. The highest BCUT2D eigenvalue weighted by Gasteiger charge is 2.23. The molecule has 0 spiro atoms. The van der Waals surface area contributed by atoms with Crippen LogP contribution in [0, 0.1) is 5.82 Å². The second-order valence-corrected chi connectivity index (χ2v) is 8.00. The van der Waals surface area contributed by atoms with Crippen molar-refractivity contribution in [3.63, 3.8) is 0 Å². The highest BCUT2D eigenvalue weighted by Crippen LogP contribution is 2.29. The largest absolute Gasteiger partial charge is 0.492 e. The Morgan fingerprint density at radius 1 is 1.12 bits per heavy atom. The lowest BCUT2D eigenvalue weighted by Gasteiger charge is -2.17. The molecule has 2 aromatic rings. The standard InChI is InChI=1S/C17H20FN3O3S2/c1-4-24-15-10-9-14(11-16(15)26(22,23)21(2)3)20-17(25)19-13-7-5-12(18)6-8-13/h5-11H,4H2,1-3H3,(H2,19,20,25). The van der Waals surface area contributed by atoms with E-state index < -0.39 is 10.0 Å². The first-order chi connectivity index (χ1) is 12.2. The Morgan fingerprint density at radius 2 is 1.69 bits per heavy atom. The molecule has 0 amide bonds. The zero-order chi connectivity index (χ0) is 19.3. The first-order valence-electron chi connectivity index (χ1n) is 7.77. The van der Waals surface area contributed by atoms with Crippen molar-refractivity contribution >= 4 is 38.7 Å². The van der Waals surface area contributed by atoms with Crippen LogP contribution < -0.4 is 15.4 Å². The zero-order valence-electron chi connectivity index (χ0n) is 14.6. The summed E-state index contributed by atoms with van der Waals surface area (Å²) < 4.78 is 44.5. The van der Waals surface area contributed by atoms with E-state index in [9.17, 15) is 12.8 Å². The third-order valence-corrected chi connectivity index (χ3v) is 5.40. The number of sulfonamides is 1. The van der Waals surface area contributed by atoms with E-state index in [4.69, 9.17) is 17.0 Å². The Kier molecular flexibility index (Phi) is 6.52. The first kappa shape index (κ1) is 20.1. The highest BCUT2D eigenvalue weighted by molar-refractivity contribution is 7.89. The van der Waals surface area contributed by atoms with Crippen LogP contribution in [0.1, 0.15) is 6.92 Å². The van der Waals surface area contributed by atoms with Crippen LogP contribution in [0.3, 0.4) is 0 Å². The minimum atomic E-state index is -3.69. The molecule has 9 heteroatoms. The molecule has 0 atom stereocenters. The summed E-state index contributed by atoms with van der Waals surface area (Å²) in [5, 5.41) is 6.06. The number of hydrogen-bond acceptors (Lipinski definition) is 4. The molecular formula is C17H20FN3O3S2. The van der Waals surface area contributed by atoms with E-state index >= 15 is 0 Å². The molecule has 0 saturated carbocycles. The fraction of sp³-hybridized carbons (Fsp3) is 0.235. The van der Waals surface area contributed by atoms with Crippen molar-refractivity contribution in [3.8, 4) is 5.75 Å². The average molecular weight is 397 g/mol. The van der Waals surface area contributed by atoms with E-state index in [2.05, 4.69) is 10.6 Å². The first-order valence-corrected chi connectivity index (χ1v) is 9.62. The third kappa shape index (κ3) is 4.90. The summed E-state index contributed by atoms with van der Waals surface area (Å²) >= 11 is 5.22. The Morgan fingerprint density at radius 3 is 2.27 bits per heavy atom. The summed E-state index contributed by atoms with van der Waals surface area (Å²) in [6.45, 7) is 2.12. The number of benzene rings is 2. The number of thiocarbonyl (C=S) groups is 1. The van der Waals surface area contributed by atoms with Crippen molar-refractivity contribution in [2.45, 2.75) is 11.8 Å². The van der Waals surface area contributed by atoms with Crippen molar-refractivity contribution in [2.75, 3.05) is 31.3 Å². The predicted molar refractivity (Wildman–Crippen MR) is 105 cm³/mol. The Balaban J connectivity index is 2.24. The van der Waals surface area contributed by atoms with Crippen molar-refractivity contribution in [2.24, 2.45) is 0 Å². The van der Waals surface area contributed by atoms with E-state index in [-0.39, 0.29) is 21.6 Å². The Labute approximate surface area is 158 Å². The van der Waals surface area contributed by atoms with Crippen LogP contribution in [-0.2, 0) is 10.0 Å². The van der Waals surface area contributed by atoms with Gasteiger partial charge in [0.05, 0.1) is 6.61 Å². The summed E-state index contributed by atoms with van der Waals surface area (Å²) in [6.07, 6.45) is 0. The second-order valence-electron chi connectivity index (χ2n) is 5.47. The summed E-state index contributed by atoms with van der Waals surface area (Å²) in [5.41, 5.74) is 1.09. The van der Waals surface area contributed by atoms with Crippen LogP contribution in [0.5, 0.6) is 5.75 Å². The molecule has 0 fully saturated rings. The number of ether oxygens (including phenoxy) is 1. The van der Waals surface area contributed by atoms with Crippen molar-refractivity contribution in [3.05, 3.63) is 48.3 Å². The van der Waals surface area contributed by atoms with Gasteiger partial charge in [0.2, 0.25) is 10.0 Å². The number of halogens is 1. The SMILES string of the molecule is CCOc1ccc(NC(=S)Nc2ccc(F)cc2)cc1S(=O)(=O)N(C)C. The van der Waals surface area contributed by atoms with E-state index in [0.29, 0.717) is 18.0 Å². The highest BCUT2D eigenvalue weighted by atomic mass is 32.2. The molecule has 0 aliphatic carbocycles. The van der Waals surface area contributed by atoms with E-state index in [1.807, 2.05) is 0 Å². The molecule has 6 nitrogen and oxygen atoms in total. The lowest BCUT2D eigenvalue weighted by atomic mass is 10.3. The fourth-order valence-electron chi connectivity index (χ4n) is 2.09. The van der Waals surface area contributed by atoms with E-state index in [1.165, 1.54) is 32.3 Å². The molecule has 26 heavy (non-hydrogen) atoms. The van der Waals surface area contributed by atoms with Gasteiger partial charge in [-0.1, -0.05) is 0 Å². The smallest absolute Gasteiger partial charge is 0.246 e. The van der Waals surface area contributed by atoms with Gasteiger partial charge in [0.1, 0.15) is 16.5 Å². The maximum atomic E-state index is 12.9. The molecule has 2 aromatic carbocycles. The van der Waals surface area contributed by atoms with Gasteiger partial charge in [-0.25, -0.2) is 17.1 Å². The Hall–Kier alpha value is -2.23. The number of rotatable bonds is 6. The molecular weight excluding hydrogens is 377 g/mol. The molecule has 0 unspecified atom stereocenters. The lowest BCUT2D eigenvalue weighted by Crippen LogP contribution is -2.24. The molecule has 0 heterocycles. The van der Waals surface area contributed by atoms with Crippen LogP contribution >= 0.6 is 12.2 Å². The number of nitrogens with one attached hydrogen (secondary N) is 2. The second kappa shape index (κ2) is 8.43. The topological polar surface area (TPSA) is 70.7 Å². The summed E-state index contributed by atoms with van der Waals surface area (Å²) in [5.74, 6) is -0.0800. The molecule has 2 rings (SSSR count). The quantitative estimate of drug-likeness (QED) is 0.729. The van der Waals surface area contributed by atoms with Crippen LogP contribution in [0.4, 0.5) is 15.8 Å². The number of nitrogens with zero attached hydrogens (tertiary/aromatic N) is 1. The summed E-state index contributed by atoms with van der Waals surface area (Å²) in [7, 11) is -0.788. The number of anilines is 2. The lowest BCUT2D eigenvalue weighted by molar-refractivity contribution is 0.330. The maximum absolute atomic E-state index is 12.9. The zero-order valence-corrected chi connectivity index (χ0v) is 16.2. The van der Waals surface area contributed by atoms with Crippen molar-refractivity contribution in [1.29, 1.82) is 0 Å². The minimum absolute atomic E-state index is 0.0407. The van der Waals surface area contributed by atoms with Gasteiger partial charge in [0, 0.05) is 25.5 Å². The normalized spacial score (nSPS) is 11.3. The molecule has 0 aliphatic heterocycles. The molecule has 0 bridgehead atoms. The van der Waals surface area contributed by atoms with Gasteiger partial charge in [0.15, 0.2) is 5.11 Å². The Bertz CT molecular complexity index is 885. The van der Waals surface area contributed by atoms with Crippen molar-refractivity contribution in [1.82, 2.24) is 4.31 Å². The molecule has 0 aliphatic rings. The van der Waals surface area contributed by atoms with Crippen LogP contribution in [0.15, 0.2) is 47.4 Å². The van der Waals surface area contributed by atoms with Crippen LogP contribution in [0.25, 0.3) is 0 Å².